The first-order valence-corrected chi connectivity index (χ1v) is 8.83. The molecule has 0 aliphatic carbocycles. The molecule has 0 saturated carbocycles. The minimum Gasteiger partial charge on any atom is -0.464 e. The highest BCUT2D eigenvalue weighted by Crippen LogP contribution is 2.06. The van der Waals surface area contributed by atoms with Crippen LogP contribution in [0, 0.1) is 0 Å². The number of benzene rings is 1. The van der Waals surface area contributed by atoms with E-state index in [4.69, 9.17) is 13.7 Å². The van der Waals surface area contributed by atoms with Crippen LogP contribution in [0.3, 0.4) is 0 Å². The molecule has 1 aromatic rings. The van der Waals surface area contributed by atoms with Crippen molar-refractivity contribution in [1.29, 1.82) is 0 Å². The predicted octanol–water partition coefficient (Wildman–Crippen LogP) is 1.13. The molecule has 0 atom stereocenters. The summed E-state index contributed by atoms with van der Waals surface area (Å²) in [7, 11) is -3.62. The second-order valence-electron chi connectivity index (χ2n) is 4.48. The highest BCUT2D eigenvalue weighted by Gasteiger charge is 2.12. The molecule has 0 heterocycles. The normalized spacial score (nSPS) is 11.3. The first-order chi connectivity index (χ1) is 11.0. The van der Waals surface area contributed by atoms with Gasteiger partial charge in [0.15, 0.2) is 0 Å². The van der Waals surface area contributed by atoms with Crippen LogP contribution in [0.1, 0.15) is 12.5 Å². The fourth-order valence-corrected chi connectivity index (χ4v) is 2.62. The summed E-state index contributed by atoms with van der Waals surface area (Å²) in [6.45, 7) is 2.42. The highest BCUT2D eigenvalue weighted by molar-refractivity contribution is 7.85. The number of hydrogen-bond donors (Lipinski definition) is 0. The third-order valence-electron chi connectivity index (χ3n) is 2.57. The van der Waals surface area contributed by atoms with E-state index in [1.165, 1.54) is 0 Å². The number of carbonyl (C=O) groups is 1. The molecule has 0 spiro atoms. The van der Waals surface area contributed by atoms with Crippen LogP contribution < -0.4 is 0 Å². The first kappa shape index (κ1) is 19.6. The van der Waals surface area contributed by atoms with Gasteiger partial charge in [-0.2, -0.15) is 8.42 Å². The van der Waals surface area contributed by atoms with Crippen molar-refractivity contribution in [2.75, 3.05) is 39.6 Å². The number of ether oxygens (including phenoxy) is 3. The fourth-order valence-electron chi connectivity index (χ4n) is 1.62. The van der Waals surface area contributed by atoms with Crippen LogP contribution in [-0.4, -0.2) is 54.0 Å². The maximum absolute atomic E-state index is 11.7. The van der Waals surface area contributed by atoms with E-state index in [0.29, 0.717) is 12.2 Å². The van der Waals surface area contributed by atoms with Gasteiger partial charge in [0, 0.05) is 0 Å². The van der Waals surface area contributed by atoms with Gasteiger partial charge in [-0.25, -0.2) is 4.79 Å². The Morgan fingerprint density at radius 3 is 2.35 bits per heavy atom. The monoisotopic (exact) mass is 346 g/mol. The SMILES string of the molecule is CCOC(=O)COCCOCCOS(=O)(=O)Cc1ccccc1. The minimum absolute atomic E-state index is 0.0625. The van der Waals surface area contributed by atoms with Crippen LogP contribution in [0.25, 0.3) is 0 Å². The predicted molar refractivity (Wildman–Crippen MR) is 83.3 cm³/mol. The molecule has 0 N–H and O–H groups in total. The van der Waals surface area contributed by atoms with Crippen molar-refractivity contribution in [2.24, 2.45) is 0 Å². The number of carbonyl (C=O) groups excluding carboxylic acids is 1. The molecule has 130 valence electrons. The standard InChI is InChI=1S/C15H22O7S/c1-2-21-15(16)12-20-9-8-19-10-11-22-23(17,18)13-14-6-4-3-5-7-14/h3-7H,2,8-13H2,1H3. The molecule has 0 radical (unpaired) electrons. The van der Waals surface area contributed by atoms with E-state index < -0.39 is 16.1 Å². The van der Waals surface area contributed by atoms with E-state index in [1.54, 1.807) is 31.2 Å². The Bertz CT molecular complexity index is 542. The fraction of sp³-hybridized carbons (Fsp3) is 0.533. The van der Waals surface area contributed by atoms with Gasteiger partial charge in [0.2, 0.25) is 0 Å². The third-order valence-corrected chi connectivity index (χ3v) is 3.79. The van der Waals surface area contributed by atoms with Gasteiger partial charge < -0.3 is 14.2 Å². The van der Waals surface area contributed by atoms with E-state index in [-0.39, 0.29) is 38.8 Å². The van der Waals surface area contributed by atoms with Gasteiger partial charge in [-0.1, -0.05) is 30.3 Å². The molecule has 1 rings (SSSR count). The third kappa shape index (κ3) is 10.0. The van der Waals surface area contributed by atoms with Crippen molar-refractivity contribution in [3.8, 4) is 0 Å². The quantitative estimate of drug-likeness (QED) is 0.318. The molecule has 23 heavy (non-hydrogen) atoms. The Kier molecular flexibility index (Phi) is 9.46. The largest absolute Gasteiger partial charge is 0.464 e. The van der Waals surface area contributed by atoms with Crippen LogP contribution >= 0.6 is 0 Å². The zero-order chi connectivity index (χ0) is 17.0. The Balaban J connectivity index is 2.05. The molecule has 0 aliphatic heterocycles. The van der Waals surface area contributed by atoms with Gasteiger partial charge in [-0.05, 0) is 12.5 Å². The van der Waals surface area contributed by atoms with Crippen molar-refractivity contribution in [3.05, 3.63) is 35.9 Å². The van der Waals surface area contributed by atoms with Gasteiger partial charge in [0.1, 0.15) is 12.4 Å². The molecular weight excluding hydrogens is 324 g/mol. The van der Waals surface area contributed by atoms with Crippen LogP contribution in [0.2, 0.25) is 0 Å². The molecule has 7 nitrogen and oxygen atoms in total. The average Bonchev–Trinajstić information content (AvgIpc) is 2.50. The first-order valence-electron chi connectivity index (χ1n) is 7.25. The van der Waals surface area contributed by atoms with Gasteiger partial charge in [0.05, 0.1) is 33.0 Å². The van der Waals surface area contributed by atoms with Crippen LogP contribution in [0.4, 0.5) is 0 Å². The highest BCUT2D eigenvalue weighted by atomic mass is 32.2. The van der Waals surface area contributed by atoms with Crippen molar-refractivity contribution in [2.45, 2.75) is 12.7 Å². The van der Waals surface area contributed by atoms with Crippen LogP contribution in [0.5, 0.6) is 0 Å². The molecule has 0 bridgehead atoms. The van der Waals surface area contributed by atoms with Gasteiger partial charge in [0.25, 0.3) is 10.1 Å². The maximum Gasteiger partial charge on any atom is 0.332 e. The number of rotatable bonds is 12. The smallest absolute Gasteiger partial charge is 0.332 e. The van der Waals surface area contributed by atoms with Crippen molar-refractivity contribution in [1.82, 2.24) is 0 Å². The van der Waals surface area contributed by atoms with Crippen molar-refractivity contribution >= 4 is 16.1 Å². The number of esters is 1. The van der Waals surface area contributed by atoms with E-state index in [0.717, 1.165) is 0 Å². The average molecular weight is 346 g/mol. The number of hydrogen-bond acceptors (Lipinski definition) is 7. The second-order valence-corrected chi connectivity index (χ2v) is 6.12. The maximum atomic E-state index is 11.7. The topological polar surface area (TPSA) is 88.1 Å². The van der Waals surface area contributed by atoms with E-state index in [2.05, 4.69) is 4.74 Å². The molecule has 0 saturated heterocycles. The summed E-state index contributed by atoms with van der Waals surface area (Å²) in [4.78, 5) is 11.0. The summed E-state index contributed by atoms with van der Waals surface area (Å²) >= 11 is 0. The Hall–Kier alpha value is -1.48. The zero-order valence-corrected chi connectivity index (χ0v) is 13.9. The Labute approximate surface area is 136 Å². The second kappa shape index (κ2) is 11.1. The Morgan fingerprint density at radius 2 is 1.65 bits per heavy atom. The lowest BCUT2D eigenvalue weighted by molar-refractivity contribution is -0.148. The molecule has 0 aliphatic rings. The molecule has 0 fully saturated rings. The summed E-state index contributed by atoms with van der Waals surface area (Å²) in [5.74, 6) is -0.598. The summed E-state index contributed by atoms with van der Waals surface area (Å²) in [5.41, 5.74) is 0.667. The van der Waals surface area contributed by atoms with Crippen LogP contribution in [-0.2, 0) is 39.1 Å². The lowest BCUT2D eigenvalue weighted by Crippen LogP contribution is -2.17. The van der Waals surface area contributed by atoms with E-state index in [1.807, 2.05) is 6.07 Å². The van der Waals surface area contributed by atoms with E-state index >= 15 is 0 Å². The van der Waals surface area contributed by atoms with Gasteiger partial charge >= 0.3 is 5.97 Å². The van der Waals surface area contributed by atoms with E-state index in [9.17, 15) is 13.2 Å². The molecule has 1 aromatic carbocycles. The van der Waals surface area contributed by atoms with Gasteiger partial charge in [-0.15, -0.1) is 0 Å². The van der Waals surface area contributed by atoms with Crippen molar-refractivity contribution < 1.29 is 31.6 Å². The summed E-state index contributed by atoms with van der Waals surface area (Å²) < 4.78 is 43.1. The molecular formula is C15H22O7S. The molecule has 0 unspecified atom stereocenters. The summed E-state index contributed by atoms with van der Waals surface area (Å²) in [5, 5.41) is 0. The minimum atomic E-state index is -3.62. The molecule has 0 aromatic heterocycles. The molecule has 8 heteroatoms. The van der Waals surface area contributed by atoms with Crippen LogP contribution in [0.15, 0.2) is 30.3 Å². The lowest BCUT2D eigenvalue weighted by Gasteiger charge is -2.07. The Morgan fingerprint density at radius 1 is 1.00 bits per heavy atom. The zero-order valence-electron chi connectivity index (χ0n) is 13.1. The summed E-state index contributed by atoms with van der Waals surface area (Å²) in [6, 6.07) is 8.79. The lowest BCUT2D eigenvalue weighted by atomic mass is 10.2. The molecule has 0 amide bonds. The van der Waals surface area contributed by atoms with Crippen molar-refractivity contribution in [3.63, 3.8) is 0 Å². The summed E-state index contributed by atoms with van der Waals surface area (Å²) in [6.07, 6.45) is 0. The van der Waals surface area contributed by atoms with Gasteiger partial charge in [-0.3, -0.25) is 4.18 Å².